The van der Waals surface area contributed by atoms with Crippen LogP contribution in [0.2, 0.25) is 0 Å². The SMILES string of the molecule is CC(C)C(=O)NCCN(CCN(C)C)S(C)(=O)=O. The number of sulfonamides is 1. The van der Waals surface area contributed by atoms with E-state index in [-0.39, 0.29) is 11.8 Å². The number of carbonyl (C=O) groups is 1. The van der Waals surface area contributed by atoms with Gasteiger partial charge in [0, 0.05) is 32.1 Å². The Labute approximate surface area is 110 Å². The van der Waals surface area contributed by atoms with Crippen molar-refractivity contribution in [1.82, 2.24) is 14.5 Å². The largest absolute Gasteiger partial charge is 0.355 e. The Hall–Kier alpha value is -0.660. The van der Waals surface area contributed by atoms with Gasteiger partial charge in [-0.05, 0) is 14.1 Å². The summed E-state index contributed by atoms with van der Waals surface area (Å²) < 4.78 is 24.5. The predicted molar refractivity (Wildman–Crippen MR) is 72.8 cm³/mol. The highest BCUT2D eigenvalue weighted by molar-refractivity contribution is 7.88. The van der Waals surface area contributed by atoms with Gasteiger partial charge in [-0.2, -0.15) is 4.31 Å². The van der Waals surface area contributed by atoms with Crippen LogP contribution in [0.25, 0.3) is 0 Å². The van der Waals surface area contributed by atoms with Crippen molar-refractivity contribution in [1.29, 1.82) is 0 Å². The molecule has 0 aromatic rings. The van der Waals surface area contributed by atoms with Crippen LogP contribution >= 0.6 is 0 Å². The molecule has 0 bridgehead atoms. The van der Waals surface area contributed by atoms with Crippen molar-refractivity contribution in [3.63, 3.8) is 0 Å². The first-order valence-corrected chi connectivity index (χ1v) is 7.87. The molecule has 0 fully saturated rings. The highest BCUT2D eigenvalue weighted by Gasteiger charge is 2.16. The number of likely N-dealkylation sites (N-methyl/N-ethyl adjacent to an activating group) is 1. The highest BCUT2D eigenvalue weighted by atomic mass is 32.2. The molecule has 0 spiro atoms. The number of amides is 1. The lowest BCUT2D eigenvalue weighted by Crippen LogP contribution is -2.41. The molecule has 1 N–H and O–H groups in total. The number of nitrogens with one attached hydrogen (secondary N) is 1. The predicted octanol–water partition coefficient (Wildman–Crippen LogP) is -0.418. The monoisotopic (exact) mass is 279 g/mol. The lowest BCUT2D eigenvalue weighted by atomic mass is 10.2. The van der Waals surface area contributed by atoms with Gasteiger partial charge in [0.15, 0.2) is 0 Å². The van der Waals surface area contributed by atoms with Crippen LogP contribution in [0, 0.1) is 5.92 Å². The number of rotatable bonds is 8. The van der Waals surface area contributed by atoms with E-state index in [1.807, 2.05) is 19.0 Å². The first-order chi connectivity index (χ1) is 8.14. The van der Waals surface area contributed by atoms with E-state index in [9.17, 15) is 13.2 Å². The Kier molecular flexibility index (Phi) is 7.42. The van der Waals surface area contributed by atoms with E-state index in [0.717, 1.165) is 0 Å². The molecule has 0 atom stereocenters. The maximum atomic E-state index is 11.5. The average Bonchev–Trinajstić information content (AvgIpc) is 2.20. The number of carbonyl (C=O) groups excluding carboxylic acids is 1. The minimum Gasteiger partial charge on any atom is -0.355 e. The summed E-state index contributed by atoms with van der Waals surface area (Å²) in [5, 5.41) is 2.71. The van der Waals surface area contributed by atoms with Crippen LogP contribution in [-0.2, 0) is 14.8 Å². The van der Waals surface area contributed by atoms with Gasteiger partial charge in [-0.1, -0.05) is 13.8 Å². The molecule has 1 amide bonds. The van der Waals surface area contributed by atoms with Crippen LogP contribution in [0.5, 0.6) is 0 Å². The van der Waals surface area contributed by atoms with Gasteiger partial charge in [0.25, 0.3) is 0 Å². The maximum absolute atomic E-state index is 11.5. The van der Waals surface area contributed by atoms with Gasteiger partial charge >= 0.3 is 0 Å². The Bertz CT molecular complexity index is 353. The fraction of sp³-hybridized carbons (Fsp3) is 0.909. The van der Waals surface area contributed by atoms with Gasteiger partial charge < -0.3 is 10.2 Å². The quantitative estimate of drug-likeness (QED) is 0.655. The minimum absolute atomic E-state index is 0.0592. The fourth-order valence-electron chi connectivity index (χ4n) is 1.26. The molecule has 0 rings (SSSR count). The van der Waals surface area contributed by atoms with Gasteiger partial charge in [0.05, 0.1) is 6.26 Å². The molecule has 108 valence electrons. The average molecular weight is 279 g/mol. The molecule has 0 aliphatic carbocycles. The van der Waals surface area contributed by atoms with Gasteiger partial charge in [-0.25, -0.2) is 8.42 Å². The zero-order valence-electron chi connectivity index (χ0n) is 11.9. The Morgan fingerprint density at radius 1 is 1.17 bits per heavy atom. The summed E-state index contributed by atoms with van der Waals surface area (Å²) in [5.41, 5.74) is 0. The molecular formula is C11H25N3O3S. The zero-order valence-corrected chi connectivity index (χ0v) is 12.7. The molecule has 0 saturated carbocycles. The van der Waals surface area contributed by atoms with E-state index in [4.69, 9.17) is 0 Å². The van der Waals surface area contributed by atoms with E-state index in [2.05, 4.69) is 5.32 Å². The first kappa shape index (κ1) is 17.3. The molecule has 0 aliphatic heterocycles. The molecule has 0 aromatic carbocycles. The van der Waals surface area contributed by atoms with Crippen LogP contribution in [0.15, 0.2) is 0 Å². The van der Waals surface area contributed by atoms with Crippen molar-refractivity contribution in [2.24, 2.45) is 5.92 Å². The summed E-state index contributed by atoms with van der Waals surface area (Å²) >= 11 is 0. The topological polar surface area (TPSA) is 69.7 Å². The Morgan fingerprint density at radius 2 is 1.72 bits per heavy atom. The summed E-state index contributed by atoms with van der Waals surface area (Å²) in [4.78, 5) is 13.3. The van der Waals surface area contributed by atoms with E-state index >= 15 is 0 Å². The maximum Gasteiger partial charge on any atom is 0.222 e. The lowest BCUT2D eigenvalue weighted by molar-refractivity contribution is -0.123. The molecule has 0 heterocycles. The van der Waals surface area contributed by atoms with Crippen LogP contribution in [0.3, 0.4) is 0 Å². The van der Waals surface area contributed by atoms with Crippen molar-refractivity contribution in [2.75, 3.05) is 46.5 Å². The normalized spacial score (nSPS) is 12.4. The molecule has 0 aliphatic rings. The van der Waals surface area contributed by atoms with Crippen molar-refractivity contribution in [3.8, 4) is 0 Å². The lowest BCUT2D eigenvalue weighted by Gasteiger charge is -2.22. The summed E-state index contributed by atoms with van der Waals surface area (Å²) in [6.45, 7) is 5.35. The Balaban J connectivity index is 4.23. The van der Waals surface area contributed by atoms with Gasteiger partial charge in [-0.3, -0.25) is 4.79 Å². The van der Waals surface area contributed by atoms with E-state index < -0.39 is 10.0 Å². The van der Waals surface area contributed by atoms with Crippen LogP contribution < -0.4 is 5.32 Å². The highest BCUT2D eigenvalue weighted by Crippen LogP contribution is 1.97. The van der Waals surface area contributed by atoms with Crippen LogP contribution in [-0.4, -0.2) is 70.1 Å². The smallest absolute Gasteiger partial charge is 0.222 e. The van der Waals surface area contributed by atoms with Gasteiger partial charge in [0.1, 0.15) is 0 Å². The minimum atomic E-state index is -3.22. The van der Waals surface area contributed by atoms with Gasteiger partial charge in [-0.15, -0.1) is 0 Å². The third-order valence-electron chi connectivity index (χ3n) is 2.45. The summed E-state index contributed by atoms with van der Waals surface area (Å²) in [6, 6.07) is 0. The number of hydrogen-bond acceptors (Lipinski definition) is 4. The summed E-state index contributed by atoms with van der Waals surface area (Å²) in [7, 11) is 0.556. The summed E-state index contributed by atoms with van der Waals surface area (Å²) in [5.74, 6) is -0.144. The molecule has 7 heteroatoms. The second-order valence-electron chi connectivity index (χ2n) is 4.91. The molecular weight excluding hydrogens is 254 g/mol. The van der Waals surface area contributed by atoms with E-state index in [0.29, 0.717) is 26.2 Å². The summed E-state index contributed by atoms with van der Waals surface area (Å²) in [6.07, 6.45) is 1.19. The van der Waals surface area contributed by atoms with Gasteiger partial charge in [0.2, 0.25) is 15.9 Å². The molecule has 0 radical (unpaired) electrons. The van der Waals surface area contributed by atoms with E-state index in [1.54, 1.807) is 13.8 Å². The molecule has 0 saturated heterocycles. The third kappa shape index (κ3) is 7.62. The van der Waals surface area contributed by atoms with Crippen molar-refractivity contribution < 1.29 is 13.2 Å². The van der Waals surface area contributed by atoms with E-state index in [1.165, 1.54) is 10.6 Å². The zero-order chi connectivity index (χ0) is 14.3. The van der Waals surface area contributed by atoms with Crippen molar-refractivity contribution in [2.45, 2.75) is 13.8 Å². The molecule has 0 unspecified atom stereocenters. The number of nitrogens with zero attached hydrogens (tertiary/aromatic N) is 2. The standard InChI is InChI=1S/C11H25N3O3S/c1-10(2)11(15)12-6-7-14(18(5,16)17)9-8-13(3)4/h10H,6-9H2,1-5H3,(H,12,15). The number of hydrogen-bond donors (Lipinski definition) is 1. The van der Waals surface area contributed by atoms with Crippen LogP contribution in [0.4, 0.5) is 0 Å². The molecule has 6 nitrogen and oxygen atoms in total. The molecule has 18 heavy (non-hydrogen) atoms. The second-order valence-corrected chi connectivity index (χ2v) is 6.89. The fourth-order valence-corrected chi connectivity index (χ4v) is 2.10. The van der Waals surface area contributed by atoms with Crippen molar-refractivity contribution >= 4 is 15.9 Å². The second kappa shape index (κ2) is 7.70. The Morgan fingerprint density at radius 3 is 2.11 bits per heavy atom. The third-order valence-corrected chi connectivity index (χ3v) is 3.75. The van der Waals surface area contributed by atoms with Crippen molar-refractivity contribution in [3.05, 3.63) is 0 Å². The van der Waals surface area contributed by atoms with Crippen LogP contribution in [0.1, 0.15) is 13.8 Å². The first-order valence-electron chi connectivity index (χ1n) is 6.02. The molecule has 0 aromatic heterocycles.